The molecule has 0 saturated carbocycles. The summed E-state index contributed by atoms with van der Waals surface area (Å²) in [6.45, 7) is 0. The molecular formula is C13H4F8. The van der Waals surface area contributed by atoms with Gasteiger partial charge in [0.05, 0.1) is 0 Å². The summed E-state index contributed by atoms with van der Waals surface area (Å²) in [5.74, 6) is -15.6. The summed E-state index contributed by atoms with van der Waals surface area (Å²) in [6, 6.07) is 0.429. The molecule has 8 heteroatoms. The third kappa shape index (κ3) is 2.57. The lowest BCUT2D eigenvalue weighted by molar-refractivity contribution is 0.399. The molecule has 0 fully saturated rings. The van der Waals surface area contributed by atoms with Gasteiger partial charge in [-0.25, -0.2) is 35.1 Å². The molecule has 0 saturated heterocycles. The highest BCUT2D eigenvalue weighted by atomic mass is 19.2. The van der Waals surface area contributed by atoms with Gasteiger partial charge in [0.15, 0.2) is 46.5 Å². The molecule has 2 rings (SSSR count). The van der Waals surface area contributed by atoms with Crippen LogP contribution in [0.4, 0.5) is 35.1 Å². The van der Waals surface area contributed by atoms with Crippen molar-refractivity contribution in [3.8, 4) is 0 Å². The zero-order valence-electron chi connectivity index (χ0n) is 9.89. The van der Waals surface area contributed by atoms with Crippen LogP contribution >= 0.6 is 0 Å². The Bertz CT molecular complexity index is 662. The summed E-state index contributed by atoms with van der Waals surface area (Å²) in [7, 11) is 0. The minimum atomic E-state index is -2.14. The molecule has 0 radical (unpaired) electrons. The Balaban J connectivity index is 2.54. The Hall–Kier alpha value is -2.12. The van der Waals surface area contributed by atoms with Crippen molar-refractivity contribution in [2.45, 2.75) is 6.42 Å². The van der Waals surface area contributed by atoms with E-state index in [1.165, 1.54) is 0 Å². The minimum Gasteiger partial charge on any atom is -0.204 e. The largest absolute Gasteiger partial charge is 0.204 e. The first kappa shape index (κ1) is 15.3. The molecule has 2 aromatic carbocycles. The van der Waals surface area contributed by atoms with Crippen LogP contribution in [-0.2, 0) is 6.42 Å². The monoisotopic (exact) mass is 312 g/mol. The maximum absolute atomic E-state index is 13.4. The molecule has 0 aliphatic heterocycles. The predicted octanol–water partition coefficient (Wildman–Crippen LogP) is 4.39. The van der Waals surface area contributed by atoms with Crippen LogP contribution in [0.25, 0.3) is 0 Å². The van der Waals surface area contributed by atoms with E-state index in [1.807, 2.05) is 0 Å². The summed E-state index contributed by atoms with van der Waals surface area (Å²) in [5, 5.41) is 0. The van der Waals surface area contributed by atoms with Gasteiger partial charge in [-0.2, -0.15) is 0 Å². The molecule has 2 aromatic rings. The topological polar surface area (TPSA) is 0 Å². The van der Waals surface area contributed by atoms with E-state index in [1.54, 1.807) is 0 Å². The fourth-order valence-corrected chi connectivity index (χ4v) is 1.71. The molecule has 0 amide bonds. The van der Waals surface area contributed by atoms with E-state index < -0.39 is 64.1 Å². The molecule has 112 valence electrons. The Morgan fingerprint density at radius 2 is 0.810 bits per heavy atom. The van der Waals surface area contributed by atoms with Crippen molar-refractivity contribution >= 4 is 0 Å². The molecule has 0 aromatic heterocycles. The number of halogens is 8. The molecule has 0 aliphatic carbocycles. The highest BCUT2D eigenvalue weighted by Crippen LogP contribution is 2.25. The first-order valence-electron chi connectivity index (χ1n) is 5.37. The summed E-state index contributed by atoms with van der Waals surface area (Å²) in [5.41, 5.74) is -1.76. The zero-order valence-corrected chi connectivity index (χ0v) is 9.89. The lowest BCUT2D eigenvalue weighted by atomic mass is 10.0. The second-order valence-corrected chi connectivity index (χ2v) is 4.10. The van der Waals surface area contributed by atoms with Gasteiger partial charge in [0.1, 0.15) is 0 Å². The number of rotatable bonds is 2. The third-order valence-electron chi connectivity index (χ3n) is 2.74. The molecule has 0 N–H and O–H groups in total. The van der Waals surface area contributed by atoms with Crippen LogP contribution in [0, 0.1) is 46.5 Å². The van der Waals surface area contributed by atoms with Crippen LogP contribution in [-0.4, -0.2) is 0 Å². The summed E-state index contributed by atoms with van der Waals surface area (Å²) >= 11 is 0. The lowest BCUT2D eigenvalue weighted by Crippen LogP contribution is -2.06. The molecular weight excluding hydrogens is 308 g/mol. The zero-order chi connectivity index (χ0) is 15.9. The second kappa shape index (κ2) is 5.34. The first-order chi connectivity index (χ1) is 9.73. The SMILES string of the molecule is Fc1cc(Cc2cc(F)c(F)c(F)c2F)c(F)c(F)c1F. The van der Waals surface area contributed by atoms with Gasteiger partial charge >= 0.3 is 0 Å². The molecule has 21 heavy (non-hydrogen) atoms. The summed E-state index contributed by atoms with van der Waals surface area (Å²) in [6.07, 6.45) is -1.00. The van der Waals surface area contributed by atoms with E-state index in [9.17, 15) is 35.1 Å². The highest BCUT2D eigenvalue weighted by molar-refractivity contribution is 5.31. The lowest BCUT2D eigenvalue weighted by Gasteiger charge is -2.08. The average molecular weight is 312 g/mol. The van der Waals surface area contributed by atoms with Crippen LogP contribution in [0.5, 0.6) is 0 Å². The van der Waals surface area contributed by atoms with E-state index in [4.69, 9.17) is 0 Å². The van der Waals surface area contributed by atoms with Gasteiger partial charge in [-0.05, 0) is 23.3 Å². The molecule has 0 aliphatic rings. The quantitative estimate of drug-likeness (QED) is 0.438. The number of benzene rings is 2. The molecule has 0 heterocycles. The van der Waals surface area contributed by atoms with Crippen molar-refractivity contribution in [2.24, 2.45) is 0 Å². The van der Waals surface area contributed by atoms with Gasteiger partial charge in [0, 0.05) is 6.42 Å². The van der Waals surface area contributed by atoms with Crippen molar-refractivity contribution in [1.82, 2.24) is 0 Å². The smallest absolute Gasteiger partial charge is 0.197 e. The van der Waals surface area contributed by atoms with Crippen LogP contribution in [0.15, 0.2) is 12.1 Å². The summed E-state index contributed by atoms with van der Waals surface area (Å²) < 4.78 is 104. The van der Waals surface area contributed by atoms with Crippen molar-refractivity contribution in [3.63, 3.8) is 0 Å². The Morgan fingerprint density at radius 3 is 1.14 bits per heavy atom. The molecule has 0 atom stereocenters. The average Bonchev–Trinajstić information content (AvgIpc) is 2.45. The highest BCUT2D eigenvalue weighted by Gasteiger charge is 2.23. The van der Waals surface area contributed by atoms with Crippen molar-refractivity contribution in [2.75, 3.05) is 0 Å². The van der Waals surface area contributed by atoms with Gasteiger partial charge < -0.3 is 0 Å². The maximum Gasteiger partial charge on any atom is 0.197 e. The Kier molecular flexibility index (Phi) is 3.89. The van der Waals surface area contributed by atoms with Gasteiger partial charge in [-0.3, -0.25) is 0 Å². The Morgan fingerprint density at radius 1 is 0.476 bits per heavy atom. The minimum absolute atomic E-state index is 0.215. The van der Waals surface area contributed by atoms with E-state index >= 15 is 0 Å². The molecule has 0 nitrogen and oxygen atoms in total. The van der Waals surface area contributed by atoms with Crippen molar-refractivity contribution < 1.29 is 35.1 Å². The van der Waals surface area contributed by atoms with Gasteiger partial charge in [-0.15, -0.1) is 0 Å². The Labute approximate surface area is 112 Å². The standard InChI is InChI=1S/C13H4F8/c14-6-2-4(8(16)12(20)10(6)18)1-5-3-7(15)11(19)13(21)9(5)17/h2-3H,1H2. The van der Waals surface area contributed by atoms with E-state index in [0.717, 1.165) is 0 Å². The van der Waals surface area contributed by atoms with Crippen molar-refractivity contribution in [1.29, 1.82) is 0 Å². The first-order valence-corrected chi connectivity index (χ1v) is 5.37. The second-order valence-electron chi connectivity index (χ2n) is 4.10. The van der Waals surface area contributed by atoms with E-state index in [0.29, 0.717) is 0 Å². The van der Waals surface area contributed by atoms with Gasteiger partial charge in [-0.1, -0.05) is 0 Å². The molecule has 0 unspecified atom stereocenters. The third-order valence-corrected chi connectivity index (χ3v) is 2.74. The van der Waals surface area contributed by atoms with E-state index in [-0.39, 0.29) is 12.1 Å². The van der Waals surface area contributed by atoms with Gasteiger partial charge in [0.25, 0.3) is 0 Å². The number of hydrogen-bond donors (Lipinski definition) is 0. The molecule has 0 bridgehead atoms. The molecule has 0 spiro atoms. The van der Waals surface area contributed by atoms with Gasteiger partial charge in [0.2, 0.25) is 0 Å². The van der Waals surface area contributed by atoms with E-state index in [2.05, 4.69) is 0 Å². The van der Waals surface area contributed by atoms with Crippen molar-refractivity contribution in [3.05, 3.63) is 69.8 Å². The predicted molar refractivity (Wildman–Crippen MR) is 55.4 cm³/mol. The number of hydrogen-bond acceptors (Lipinski definition) is 0. The van der Waals surface area contributed by atoms with Crippen LogP contribution in [0.1, 0.15) is 11.1 Å². The van der Waals surface area contributed by atoms with Crippen LogP contribution < -0.4 is 0 Å². The fraction of sp³-hybridized carbons (Fsp3) is 0.0769. The fourth-order valence-electron chi connectivity index (χ4n) is 1.71. The van der Waals surface area contributed by atoms with Crippen LogP contribution in [0.3, 0.4) is 0 Å². The normalized spacial score (nSPS) is 11.0. The maximum atomic E-state index is 13.4. The van der Waals surface area contributed by atoms with Crippen LogP contribution in [0.2, 0.25) is 0 Å². The summed E-state index contributed by atoms with van der Waals surface area (Å²) in [4.78, 5) is 0.